The number of rotatable bonds is 2. The molecule has 0 bridgehead atoms. The number of nitrogens with zero attached hydrogens (tertiary/aromatic N) is 1. The smallest absolute Gasteiger partial charge is 0.410 e. The molecule has 16 heavy (non-hydrogen) atoms. The summed E-state index contributed by atoms with van der Waals surface area (Å²) < 4.78 is 5.22. The van der Waals surface area contributed by atoms with Crippen molar-refractivity contribution in [2.45, 2.75) is 19.6 Å². The molecule has 1 amide bonds. The largest absolute Gasteiger partial charge is 0.414 e. The van der Waals surface area contributed by atoms with Crippen molar-refractivity contribution in [1.29, 1.82) is 0 Å². The Balaban J connectivity index is 2.88. The maximum atomic E-state index is 11.4. The van der Waals surface area contributed by atoms with E-state index in [9.17, 15) is 4.79 Å². The second kappa shape index (κ2) is 4.70. The molecule has 0 saturated heterocycles. The Morgan fingerprint density at radius 2 is 1.88 bits per heavy atom. The predicted octanol–water partition coefficient (Wildman–Crippen LogP) is 2.29. The van der Waals surface area contributed by atoms with Gasteiger partial charge in [-0.2, -0.15) is 0 Å². The van der Waals surface area contributed by atoms with Crippen LogP contribution in [0.3, 0.4) is 0 Å². The van der Waals surface area contributed by atoms with Crippen LogP contribution in [-0.2, 0) is 0 Å². The number of amides is 1. The van der Waals surface area contributed by atoms with Gasteiger partial charge in [0, 0.05) is 14.1 Å². The van der Waals surface area contributed by atoms with E-state index in [4.69, 9.17) is 4.74 Å². The molecule has 1 aromatic rings. The van der Waals surface area contributed by atoms with Crippen molar-refractivity contribution in [3.05, 3.63) is 24.3 Å². The maximum absolute atomic E-state index is 11.4. The average Bonchev–Trinajstić information content (AvgIpc) is 2.16. The van der Waals surface area contributed by atoms with Gasteiger partial charge in [-0.05, 0) is 12.1 Å². The fourth-order valence-corrected chi connectivity index (χ4v) is 2.39. The monoisotopic (exact) mass is 237 g/mol. The zero-order valence-electron chi connectivity index (χ0n) is 10.6. The van der Waals surface area contributed by atoms with Crippen LogP contribution in [0.1, 0.15) is 0 Å². The highest BCUT2D eigenvalue weighted by atomic mass is 28.3. The van der Waals surface area contributed by atoms with Gasteiger partial charge in [0.15, 0.2) is 0 Å². The molecule has 1 rings (SSSR count). The summed E-state index contributed by atoms with van der Waals surface area (Å²) in [5.41, 5.74) is 0. The lowest BCUT2D eigenvalue weighted by atomic mass is 10.3. The molecule has 0 unspecified atom stereocenters. The highest BCUT2D eigenvalue weighted by molar-refractivity contribution is 6.88. The van der Waals surface area contributed by atoms with Crippen molar-refractivity contribution in [3.8, 4) is 5.75 Å². The lowest BCUT2D eigenvalue weighted by Crippen LogP contribution is -2.37. The van der Waals surface area contributed by atoms with Crippen LogP contribution < -0.4 is 9.92 Å². The molecule has 0 radical (unpaired) electrons. The Bertz CT molecular complexity index is 383. The van der Waals surface area contributed by atoms with Crippen molar-refractivity contribution in [2.24, 2.45) is 0 Å². The van der Waals surface area contributed by atoms with Crippen LogP contribution in [-0.4, -0.2) is 33.2 Å². The zero-order chi connectivity index (χ0) is 12.3. The van der Waals surface area contributed by atoms with E-state index in [1.165, 1.54) is 10.1 Å². The van der Waals surface area contributed by atoms with Gasteiger partial charge in [0.2, 0.25) is 0 Å². The van der Waals surface area contributed by atoms with Gasteiger partial charge < -0.3 is 9.64 Å². The number of carbonyl (C=O) groups is 1. The molecule has 3 nitrogen and oxygen atoms in total. The number of benzene rings is 1. The quantitative estimate of drug-likeness (QED) is 0.739. The van der Waals surface area contributed by atoms with Crippen LogP contribution in [0.15, 0.2) is 24.3 Å². The highest BCUT2D eigenvalue weighted by Gasteiger charge is 2.17. The van der Waals surface area contributed by atoms with Crippen molar-refractivity contribution in [3.63, 3.8) is 0 Å². The lowest BCUT2D eigenvalue weighted by Gasteiger charge is -2.18. The van der Waals surface area contributed by atoms with E-state index in [1.54, 1.807) is 14.1 Å². The summed E-state index contributed by atoms with van der Waals surface area (Å²) in [7, 11) is 1.99. The standard InChI is InChI=1S/C12H19NO2Si/c1-13(2)12(14)15-10-7-6-8-11(9-10)16(3,4)5/h6-9H,1-5H3. The molecular formula is C12H19NO2Si. The topological polar surface area (TPSA) is 29.5 Å². The molecule has 4 heteroatoms. The van der Waals surface area contributed by atoms with Crippen molar-refractivity contribution < 1.29 is 9.53 Å². The first-order valence-corrected chi connectivity index (χ1v) is 8.80. The van der Waals surface area contributed by atoms with Gasteiger partial charge in [0.05, 0.1) is 8.07 Å². The third-order valence-electron chi connectivity index (χ3n) is 2.27. The Morgan fingerprint density at radius 3 is 2.38 bits per heavy atom. The van der Waals surface area contributed by atoms with Crippen molar-refractivity contribution in [1.82, 2.24) is 4.90 Å². The second-order valence-electron chi connectivity index (χ2n) is 5.04. The Kier molecular flexibility index (Phi) is 3.75. The fraction of sp³-hybridized carbons (Fsp3) is 0.417. The number of hydrogen-bond acceptors (Lipinski definition) is 2. The molecule has 0 aliphatic carbocycles. The summed E-state index contributed by atoms with van der Waals surface area (Å²) in [4.78, 5) is 12.8. The summed E-state index contributed by atoms with van der Waals surface area (Å²) >= 11 is 0. The summed E-state index contributed by atoms with van der Waals surface area (Å²) in [6.45, 7) is 6.79. The number of carbonyl (C=O) groups excluding carboxylic acids is 1. The molecule has 0 atom stereocenters. The average molecular weight is 237 g/mol. The van der Waals surface area contributed by atoms with Crippen molar-refractivity contribution >= 4 is 19.4 Å². The van der Waals surface area contributed by atoms with Crippen LogP contribution in [0.25, 0.3) is 0 Å². The minimum atomic E-state index is -1.35. The molecule has 0 aliphatic heterocycles. The van der Waals surface area contributed by atoms with Crippen LogP contribution in [0.2, 0.25) is 19.6 Å². The normalized spacial score (nSPS) is 11.1. The molecule has 88 valence electrons. The lowest BCUT2D eigenvalue weighted by molar-refractivity contribution is 0.172. The Labute approximate surface area is 98.0 Å². The van der Waals surface area contributed by atoms with Gasteiger partial charge in [-0.3, -0.25) is 0 Å². The van der Waals surface area contributed by atoms with Crippen molar-refractivity contribution in [2.75, 3.05) is 14.1 Å². The third kappa shape index (κ3) is 3.38. The first kappa shape index (κ1) is 12.8. The highest BCUT2D eigenvalue weighted by Crippen LogP contribution is 2.12. The maximum Gasteiger partial charge on any atom is 0.414 e. The SMILES string of the molecule is CN(C)C(=O)Oc1cccc([Si](C)(C)C)c1. The van der Waals surface area contributed by atoms with Crippen LogP contribution in [0.4, 0.5) is 4.79 Å². The Hall–Kier alpha value is -1.29. The minimum Gasteiger partial charge on any atom is -0.410 e. The molecular weight excluding hydrogens is 218 g/mol. The van der Waals surface area contributed by atoms with E-state index in [-0.39, 0.29) is 6.09 Å². The molecule has 0 saturated carbocycles. The summed E-state index contributed by atoms with van der Waals surface area (Å²) in [6.07, 6.45) is -0.340. The summed E-state index contributed by atoms with van der Waals surface area (Å²) in [5, 5.41) is 1.29. The molecule has 0 spiro atoms. The van der Waals surface area contributed by atoms with Gasteiger partial charge >= 0.3 is 6.09 Å². The molecule has 0 heterocycles. The van der Waals surface area contributed by atoms with E-state index in [0.717, 1.165) is 0 Å². The minimum absolute atomic E-state index is 0.340. The number of ether oxygens (including phenoxy) is 1. The van der Waals surface area contributed by atoms with Gasteiger partial charge in [-0.1, -0.05) is 37.0 Å². The van der Waals surface area contributed by atoms with E-state index < -0.39 is 8.07 Å². The Morgan fingerprint density at radius 1 is 1.25 bits per heavy atom. The number of hydrogen-bond donors (Lipinski definition) is 0. The molecule has 0 fully saturated rings. The van der Waals surface area contributed by atoms with Crippen LogP contribution in [0.5, 0.6) is 5.75 Å². The van der Waals surface area contributed by atoms with Gasteiger partial charge in [-0.25, -0.2) is 4.79 Å². The van der Waals surface area contributed by atoms with E-state index in [2.05, 4.69) is 25.7 Å². The third-order valence-corrected chi connectivity index (χ3v) is 4.31. The fourth-order valence-electron chi connectivity index (χ4n) is 1.22. The zero-order valence-corrected chi connectivity index (χ0v) is 11.6. The first-order chi connectivity index (χ1) is 7.30. The van der Waals surface area contributed by atoms with Crippen LogP contribution >= 0.6 is 0 Å². The van der Waals surface area contributed by atoms with Gasteiger partial charge in [-0.15, -0.1) is 0 Å². The molecule has 1 aromatic carbocycles. The second-order valence-corrected chi connectivity index (χ2v) is 10.1. The van der Waals surface area contributed by atoms with E-state index in [1.807, 2.05) is 18.2 Å². The van der Waals surface area contributed by atoms with E-state index in [0.29, 0.717) is 5.75 Å². The van der Waals surface area contributed by atoms with Crippen LogP contribution in [0, 0.1) is 0 Å². The molecule has 0 aliphatic rings. The summed E-state index contributed by atoms with van der Waals surface area (Å²) in [6, 6.07) is 7.81. The first-order valence-electron chi connectivity index (χ1n) is 5.30. The van der Waals surface area contributed by atoms with Gasteiger partial charge in [0.1, 0.15) is 5.75 Å². The predicted molar refractivity (Wildman–Crippen MR) is 69.1 cm³/mol. The summed E-state index contributed by atoms with van der Waals surface area (Å²) in [5.74, 6) is 0.624. The van der Waals surface area contributed by atoms with Gasteiger partial charge in [0.25, 0.3) is 0 Å². The van der Waals surface area contributed by atoms with E-state index >= 15 is 0 Å². The molecule has 0 aromatic heterocycles. The molecule has 0 N–H and O–H groups in total.